The molecule has 3 aromatic carbocycles. The highest BCUT2D eigenvalue weighted by atomic mass is 32.1. The Morgan fingerprint density at radius 1 is 0.970 bits per heavy atom. The molecule has 0 saturated carbocycles. The molecule has 0 spiro atoms. The molecular formula is C26H20N4O2S. The van der Waals surface area contributed by atoms with Gasteiger partial charge < -0.3 is 10.1 Å². The number of nitrogens with zero attached hydrogens (tertiary/aromatic N) is 3. The molecule has 6 nitrogen and oxygen atoms in total. The van der Waals surface area contributed by atoms with E-state index in [1.165, 1.54) is 0 Å². The Morgan fingerprint density at radius 3 is 2.64 bits per heavy atom. The Labute approximate surface area is 194 Å². The minimum atomic E-state index is -0.149. The van der Waals surface area contributed by atoms with E-state index < -0.39 is 0 Å². The quantitative estimate of drug-likeness (QED) is 0.380. The fraction of sp³-hybridized carbons (Fsp3) is 0.115. The smallest absolute Gasteiger partial charge is 0.226 e. The van der Waals surface area contributed by atoms with E-state index in [0.717, 1.165) is 37.8 Å². The summed E-state index contributed by atoms with van der Waals surface area (Å²) >= 11 is 1.55. The molecule has 1 atom stereocenters. The maximum absolute atomic E-state index is 12.7. The van der Waals surface area contributed by atoms with Gasteiger partial charge in [0.1, 0.15) is 18.2 Å². The predicted molar refractivity (Wildman–Crippen MR) is 129 cm³/mol. The van der Waals surface area contributed by atoms with Crippen LogP contribution in [-0.2, 0) is 11.4 Å². The molecule has 0 fully saturated rings. The van der Waals surface area contributed by atoms with Crippen LogP contribution in [0, 0.1) is 0 Å². The van der Waals surface area contributed by atoms with E-state index in [1.807, 2.05) is 85.1 Å². The van der Waals surface area contributed by atoms with Gasteiger partial charge in [-0.05, 0) is 23.8 Å². The minimum absolute atomic E-state index is 0.0479. The number of para-hydroxylation sites is 2. The van der Waals surface area contributed by atoms with Crippen LogP contribution in [0.15, 0.2) is 85.1 Å². The van der Waals surface area contributed by atoms with E-state index in [1.54, 1.807) is 16.0 Å². The lowest BCUT2D eigenvalue weighted by molar-refractivity contribution is -0.116. The Balaban J connectivity index is 1.37. The van der Waals surface area contributed by atoms with Crippen molar-refractivity contribution in [2.45, 2.75) is 18.9 Å². The second kappa shape index (κ2) is 8.18. The summed E-state index contributed by atoms with van der Waals surface area (Å²) < 4.78 is 9.00. The number of hydrogen-bond acceptors (Lipinski definition) is 5. The lowest BCUT2D eigenvalue weighted by Gasteiger charge is -2.25. The molecule has 0 bridgehead atoms. The number of ether oxygens (including phenoxy) is 1. The predicted octanol–water partition coefficient (Wildman–Crippen LogP) is 5.54. The molecule has 0 radical (unpaired) electrons. The number of carbonyl (C=O) groups excluding carboxylic acids is 1. The molecule has 0 saturated heterocycles. The SMILES string of the molecule is O=C1CC(c2ccccc2OCc2ccccc2)c2cnn(-c3nc4ccccc4s3)c2N1. The number of rotatable bonds is 5. The average Bonchev–Trinajstić information content (AvgIpc) is 3.47. The van der Waals surface area contributed by atoms with E-state index in [2.05, 4.69) is 10.4 Å². The van der Waals surface area contributed by atoms with Crippen LogP contribution < -0.4 is 10.1 Å². The fourth-order valence-corrected chi connectivity index (χ4v) is 5.16. The van der Waals surface area contributed by atoms with Crippen LogP contribution in [0.3, 0.4) is 0 Å². The Hall–Kier alpha value is -3.97. The molecule has 2 aromatic heterocycles. The molecule has 1 unspecified atom stereocenters. The van der Waals surface area contributed by atoms with Crippen LogP contribution in [0.1, 0.15) is 29.0 Å². The van der Waals surface area contributed by atoms with Gasteiger partial charge in [0.15, 0.2) is 0 Å². The molecule has 33 heavy (non-hydrogen) atoms. The zero-order valence-electron chi connectivity index (χ0n) is 17.6. The van der Waals surface area contributed by atoms with Gasteiger partial charge in [0.2, 0.25) is 11.0 Å². The number of anilines is 1. The molecule has 7 heteroatoms. The molecule has 1 aliphatic heterocycles. The first-order valence-electron chi connectivity index (χ1n) is 10.8. The van der Waals surface area contributed by atoms with Crippen molar-refractivity contribution in [3.8, 4) is 10.9 Å². The molecule has 1 amide bonds. The average molecular weight is 453 g/mol. The van der Waals surface area contributed by atoms with Crippen molar-refractivity contribution in [2.75, 3.05) is 5.32 Å². The molecule has 1 aliphatic rings. The number of aromatic nitrogens is 3. The van der Waals surface area contributed by atoms with Crippen LogP contribution in [0.5, 0.6) is 5.75 Å². The van der Waals surface area contributed by atoms with Gasteiger partial charge in [0, 0.05) is 23.5 Å². The number of fused-ring (bicyclic) bond motifs is 2. The van der Waals surface area contributed by atoms with Crippen molar-refractivity contribution in [1.82, 2.24) is 14.8 Å². The molecule has 1 N–H and O–H groups in total. The summed E-state index contributed by atoms with van der Waals surface area (Å²) in [4.78, 5) is 17.5. The zero-order chi connectivity index (χ0) is 22.2. The van der Waals surface area contributed by atoms with E-state index in [-0.39, 0.29) is 11.8 Å². The summed E-state index contributed by atoms with van der Waals surface area (Å²) in [5.41, 5.74) is 3.95. The highest BCUT2D eigenvalue weighted by Crippen LogP contribution is 2.42. The first-order valence-corrected chi connectivity index (χ1v) is 11.6. The van der Waals surface area contributed by atoms with Gasteiger partial charge in [-0.15, -0.1) is 0 Å². The summed E-state index contributed by atoms with van der Waals surface area (Å²) in [5, 5.41) is 8.35. The molecule has 0 aliphatic carbocycles. The van der Waals surface area contributed by atoms with E-state index in [9.17, 15) is 4.79 Å². The lowest BCUT2D eigenvalue weighted by atomic mass is 9.87. The molecule has 162 valence electrons. The number of nitrogens with one attached hydrogen (secondary N) is 1. The topological polar surface area (TPSA) is 69.0 Å². The molecule has 3 heterocycles. The summed E-state index contributed by atoms with van der Waals surface area (Å²) in [6.07, 6.45) is 2.17. The molecular weight excluding hydrogens is 432 g/mol. The third-order valence-electron chi connectivity index (χ3n) is 5.82. The van der Waals surface area contributed by atoms with Crippen LogP contribution in [0.4, 0.5) is 5.82 Å². The fourth-order valence-electron chi connectivity index (χ4n) is 4.23. The van der Waals surface area contributed by atoms with E-state index in [0.29, 0.717) is 18.8 Å². The van der Waals surface area contributed by atoms with Gasteiger partial charge in [-0.1, -0.05) is 72.0 Å². The number of carbonyl (C=O) groups is 1. The van der Waals surface area contributed by atoms with Crippen LogP contribution in [0.2, 0.25) is 0 Å². The normalized spacial score (nSPS) is 15.3. The third kappa shape index (κ3) is 3.66. The van der Waals surface area contributed by atoms with Gasteiger partial charge in [-0.2, -0.15) is 9.78 Å². The standard InChI is InChI=1S/C26H20N4O2S/c31-24-14-19(18-10-4-6-12-22(18)32-16-17-8-2-1-3-9-17)20-15-27-30(25(20)29-24)26-28-21-11-5-7-13-23(21)33-26/h1-13,15,19H,14,16H2,(H,29,31). The monoisotopic (exact) mass is 452 g/mol. The minimum Gasteiger partial charge on any atom is -0.489 e. The largest absolute Gasteiger partial charge is 0.489 e. The zero-order valence-corrected chi connectivity index (χ0v) is 18.5. The van der Waals surface area contributed by atoms with Gasteiger partial charge in [0.25, 0.3) is 0 Å². The number of thiazole rings is 1. The summed E-state index contributed by atoms with van der Waals surface area (Å²) in [6, 6.07) is 26.0. The van der Waals surface area contributed by atoms with Crippen LogP contribution >= 0.6 is 11.3 Å². The number of amides is 1. The van der Waals surface area contributed by atoms with Crippen molar-refractivity contribution in [2.24, 2.45) is 0 Å². The third-order valence-corrected chi connectivity index (χ3v) is 6.83. The van der Waals surface area contributed by atoms with Gasteiger partial charge in [-0.25, -0.2) is 4.98 Å². The van der Waals surface area contributed by atoms with E-state index >= 15 is 0 Å². The first kappa shape index (κ1) is 19.7. The highest BCUT2D eigenvalue weighted by Gasteiger charge is 2.32. The van der Waals surface area contributed by atoms with E-state index in [4.69, 9.17) is 9.72 Å². The van der Waals surface area contributed by atoms with Crippen molar-refractivity contribution >= 4 is 33.3 Å². The van der Waals surface area contributed by atoms with Gasteiger partial charge in [0.05, 0.1) is 16.4 Å². The van der Waals surface area contributed by atoms with Crippen molar-refractivity contribution in [3.05, 3.63) is 102 Å². The Morgan fingerprint density at radius 2 is 1.76 bits per heavy atom. The first-order chi connectivity index (χ1) is 16.3. The second-order valence-electron chi connectivity index (χ2n) is 7.94. The Kier molecular flexibility index (Phi) is 4.88. The van der Waals surface area contributed by atoms with Gasteiger partial charge >= 0.3 is 0 Å². The van der Waals surface area contributed by atoms with Crippen LogP contribution in [-0.4, -0.2) is 20.7 Å². The molecule has 5 aromatic rings. The maximum atomic E-state index is 12.7. The molecule has 6 rings (SSSR count). The van der Waals surface area contributed by atoms with Crippen LogP contribution in [0.25, 0.3) is 15.3 Å². The highest BCUT2D eigenvalue weighted by molar-refractivity contribution is 7.20. The second-order valence-corrected chi connectivity index (χ2v) is 8.95. The summed E-state index contributed by atoms with van der Waals surface area (Å²) in [7, 11) is 0. The van der Waals surface area contributed by atoms with Gasteiger partial charge in [-0.3, -0.25) is 4.79 Å². The van der Waals surface area contributed by atoms with Crippen molar-refractivity contribution in [3.63, 3.8) is 0 Å². The lowest BCUT2D eigenvalue weighted by Crippen LogP contribution is -2.24. The van der Waals surface area contributed by atoms with Crippen molar-refractivity contribution in [1.29, 1.82) is 0 Å². The number of benzene rings is 3. The Bertz CT molecular complexity index is 1420. The number of hydrogen-bond donors (Lipinski definition) is 1. The van der Waals surface area contributed by atoms with Crippen molar-refractivity contribution < 1.29 is 9.53 Å². The maximum Gasteiger partial charge on any atom is 0.226 e. The summed E-state index contributed by atoms with van der Waals surface area (Å²) in [5.74, 6) is 1.25. The summed E-state index contributed by atoms with van der Waals surface area (Å²) in [6.45, 7) is 0.467.